The van der Waals surface area contributed by atoms with E-state index in [0.717, 1.165) is 54.3 Å². The molecule has 0 radical (unpaired) electrons. The zero-order chi connectivity index (χ0) is 17.4. The molecule has 1 fully saturated rings. The highest BCUT2D eigenvalue weighted by Gasteiger charge is 2.28. The molecule has 1 saturated heterocycles. The summed E-state index contributed by atoms with van der Waals surface area (Å²) in [4.78, 5) is 19.0. The van der Waals surface area contributed by atoms with Gasteiger partial charge in [-0.25, -0.2) is 4.98 Å². The van der Waals surface area contributed by atoms with E-state index in [2.05, 4.69) is 19.5 Å². The Hall–Kier alpha value is -2.70. The lowest BCUT2D eigenvalue weighted by Gasteiger charge is -2.31. The number of aromatic nitrogens is 4. The summed E-state index contributed by atoms with van der Waals surface area (Å²) in [6.07, 6.45) is 1.54. The Morgan fingerprint density at radius 2 is 2.00 bits per heavy atom. The molecule has 1 aliphatic heterocycles. The zero-order valence-electron chi connectivity index (χ0n) is 14.5. The fraction of sp³-hybridized carbons (Fsp3) is 0.444. The number of esters is 1. The van der Waals surface area contributed by atoms with Crippen LogP contribution in [0.4, 0.5) is 5.82 Å². The minimum absolute atomic E-state index is 0.0210. The Balaban J connectivity index is 1.69. The molecule has 25 heavy (non-hydrogen) atoms. The molecule has 0 bridgehead atoms. The summed E-state index contributed by atoms with van der Waals surface area (Å²) in [6.45, 7) is 5.75. The molecular weight excluding hydrogens is 318 g/mol. The first kappa shape index (κ1) is 15.8. The Morgan fingerprint density at radius 3 is 2.76 bits per heavy atom. The zero-order valence-corrected chi connectivity index (χ0v) is 14.5. The van der Waals surface area contributed by atoms with Crippen LogP contribution >= 0.6 is 0 Å². The van der Waals surface area contributed by atoms with Crippen LogP contribution in [0.25, 0.3) is 16.7 Å². The first-order valence-electron chi connectivity index (χ1n) is 8.71. The number of aryl methyl sites for hydroxylation is 1. The second-order valence-corrected chi connectivity index (χ2v) is 6.34. The summed E-state index contributed by atoms with van der Waals surface area (Å²) in [5.41, 5.74) is 2.69. The Labute approximate surface area is 145 Å². The van der Waals surface area contributed by atoms with Crippen molar-refractivity contribution in [2.24, 2.45) is 5.92 Å². The molecule has 0 atom stereocenters. The molecule has 3 heterocycles. The number of fused-ring (bicyclic) bond motifs is 3. The Bertz CT molecular complexity index is 928. The summed E-state index contributed by atoms with van der Waals surface area (Å²) < 4.78 is 7.20. The third kappa shape index (κ3) is 2.69. The van der Waals surface area contributed by atoms with Gasteiger partial charge in [-0.05, 0) is 38.8 Å². The summed E-state index contributed by atoms with van der Waals surface area (Å²) in [5.74, 6) is 1.57. The van der Waals surface area contributed by atoms with E-state index in [1.807, 2.05) is 38.1 Å². The van der Waals surface area contributed by atoms with Crippen molar-refractivity contribution < 1.29 is 9.53 Å². The molecule has 130 valence electrons. The topological polar surface area (TPSA) is 72.6 Å². The minimum atomic E-state index is -0.0860. The van der Waals surface area contributed by atoms with Crippen LogP contribution < -0.4 is 4.90 Å². The van der Waals surface area contributed by atoms with E-state index >= 15 is 0 Å². The van der Waals surface area contributed by atoms with Crippen LogP contribution in [0.5, 0.6) is 0 Å². The fourth-order valence-corrected chi connectivity index (χ4v) is 3.51. The monoisotopic (exact) mass is 339 g/mol. The van der Waals surface area contributed by atoms with Crippen LogP contribution in [-0.2, 0) is 9.53 Å². The van der Waals surface area contributed by atoms with Gasteiger partial charge < -0.3 is 9.64 Å². The largest absolute Gasteiger partial charge is 0.466 e. The molecule has 0 spiro atoms. The maximum absolute atomic E-state index is 11.9. The molecule has 1 aliphatic rings. The second kappa shape index (κ2) is 6.31. The first-order chi connectivity index (χ1) is 12.2. The molecule has 7 heteroatoms. The van der Waals surface area contributed by atoms with Gasteiger partial charge in [0.2, 0.25) is 5.65 Å². The first-order valence-corrected chi connectivity index (χ1v) is 8.71. The predicted molar refractivity (Wildman–Crippen MR) is 94.6 cm³/mol. The van der Waals surface area contributed by atoms with Crippen LogP contribution in [-0.4, -0.2) is 45.2 Å². The lowest BCUT2D eigenvalue weighted by molar-refractivity contribution is -0.148. The molecule has 0 saturated carbocycles. The number of nitrogens with zero attached hydrogens (tertiary/aromatic N) is 5. The fourth-order valence-electron chi connectivity index (χ4n) is 3.51. The smallest absolute Gasteiger partial charge is 0.309 e. The number of piperidine rings is 1. The Kier molecular flexibility index (Phi) is 3.99. The van der Waals surface area contributed by atoms with Crippen molar-refractivity contribution in [1.82, 2.24) is 19.6 Å². The number of benzene rings is 1. The average molecular weight is 339 g/mol. The van der Waals surface area contributed by atoms with E-state index in [0.29, 0.717) is 6.61 Å². The highest BCUT2D eigenvalue weighted by atomic mass is 16.5. The summed E-state index contributed by atoms with van der Waals surface area (Å²) >= 11 is 0. The third-order valence-electron chi connectivity index (χ3n) is 4.79. The van der Waals surface area contributed by atoms with Crippen LogP contribution in [0.2, 0.25) is 0 Å². The molecule has 2 aromatic heterocycles. The van der Waals surface area contributed by atoms with Gasteiger partial charge in [-0.2, -0.15) is 0 Å². The third-order valence-corrected chi connectivity index (χ3v) is 4.79. The summed E-state index contributed by atoms with van der Waals surface area (Å²) in [7, 11) is 0. The molecule has 0 unspecified atom stereocenters. The molecule has 1 aromatic carbocycles. The normalized spacial score (nSPS) is 15.8. The van der Waals surface area contributed by atoms with Gasteiger partial charge in [-0.1, -0.05) is 12.1 Å². The van der Waals surface area contributed by atoms with Gasteiger partial charge in [-0.3, -0.25) is 9.20 Å². The number of hydrogen-bond acceptors (Lipinski definition) is 6. The van der Waals surface area contributed by atoms with Gasteiger partial charge in [0.15, 0.2) is 5.82 Å². The summed E-state index contributed by atoms with van der Waals surface area (Å²) in [6, 6.07) is 8.01. The number of carbonyl (C=O) groups is 1. The number of rotatable bonds is 3. The SMILES string of the molecule is CCOC(=O)C1CCN(c2nc3ccccc3n3c(C)nnc23)CC1. The molecule has 7 nitrogen and oxygen atoms in total. The standard InChI is InChI=1S/C18H21N5O2/c1-3-25-18(24)13-8-10-22(11-9-13)16-17-21-20-12(2)23(17)15-7-5-4-6-14(15)19-16/h4-7,13H,3,8-11H2,1-2H3. The van der Waals surface area contributed by atoms with E-state index < -0.39 is 0 Å². The highest BCUT2D eigenvalue weighted by molar-refractivity contribution is 5.83. The van der Waals surface area contributed by atoms with Crippen LogP contribution in [0, 0.1) is 12.8 Å². The molecular formula is C18H21N5O2. The van der Waals surface area contributed by atoms with Crippen molar-refractivity contribution in [1.29, 1.82) is 0 Å². The van der Waals surface area contributed by atoms with Gasteiger partial charge in [0.1, 0.15) is 5.82 Å². The second-order valence-electron chi connectivity index (χ2n) is 6.34. The minimum Gasteiger partial charge on any atom is -0.466 e. The van der Waals surface area contributed by atoms with Gasteiger partial charge in [0, 0.05) is 13.1 Å². The van der Waals surface area contributed by atoms with Crippen LogP contribution in [0.1, 0.15) is 25.6 Å². The molecule has 4 rings (SSSR count). The molecule has 0 aliphatic carbocycles. The Morgan fingerprint density at radius 1 is 1.24 bits per heavy atom. The van der Waals surface area contributed by atoms with E-state index in [9.17, 15) is 4.79 Å². The van der Waals surface area contributed by atoms with Crippen LogP contribution in [0.15, 0.2) is 24.3 Å². The lowest BCUT2D eigenvalue weighted by atomic mass is 9.97. The molecule has 3 aromatic rings. The van der Waals surface area contributed by atoms with Crippen LogP contribution in [0.3, 0.4) is 0 Å². The number of anilines is 1. The van der Waals surface area contributed by atoms with E-state index in [4.69, 9.17) is 9.72 Å². The predicted octanol–water partition coefficient (Wildman–Crippen LogP) is 2.37. The van der Waals surface area contributed by atoms with Gasteiger partial charge in [-0.15, -0.1) is 10.2 Å². The quantitative estimate of drug-likeness (QED) is 0.682. The maximum atomic E-state index is 11.9. The van der Waals surface area contributed by atoms with Crippen molar-refractivity contribution in [3.05, 3.63) is 30.1 Å². The number of para-hydroxylation sites is 2. The van der Waals surface area contributed by atoms with Crippen molar-refractivity contribution in [3.63, 3.8) is 0 Å². The molecule has 0 amide bonds. The van der Waals surface area contributed by atoms with E-state index in [1.165, 1.54) is 0 Å². The average Bonchev–Trinajstić information content (AvgIpc) is 3.04. The van der Waals surface area contributed by atoms with Gasteiger partial charge >= 0.3 is 5.97 Å². The number of hydrogen-bond donors (Lipinski definition) is 0. The van der Waals surface area contributed by atoms with Crippen molar-refractivity contribution in [2.75, 3.05) is 24.6 Å². The van der Waals surface area contributed by atoms with E-state index in [1.54, 1.807) is 0 Å². The maximum Gasteiger partial charge on any atom is 0.309 e. The number of carbonyl (C=O) groups excluding carboxylic acids is 1. The lowest BCUT2D eigenvalue weighted by Crippen LogP contribution is -2.37. The van der Waals surface area contributed by atoms with Crippen molar-refractivity contribution in [2.45, 2.75) is 26.7 Å². The van der Waals surface area contributed by atoms with Gasteiger partial charge in [0.25, 0.3) is 0 Å². The van der Waals surface area contributed by atoms with Gasteiger partial charge in [0.05, 0.1) is 23.6 Å². The van der Waals surface area contributed by atoms with Crippen molar-refractivity contribution in [3.8, 4) is 0 Å². The highest BCUT2D eigenvalue weighted by Crippen LogP contribution is 2.28. The molecule has 0 N–H and O–H groups in total. The summed E-state index contributed by atoms with van der Waals surface area (Å²) in [5, 5.41) is 8.59. The number of ether oxygens (including phenoxy) is 1. The van der Waals surface area contributed by atoms with Crippen molar-refractivity contribution >= 4 is 28.5 Å². The van der Waals surface area contributed by atoms with E-state index in [-0.39, 0.29) is 11.9 Å².